The van der Waals surface area contributed by atoms with E-state index in [0.717, 1.165) is 56.4 Å². The van der Waals surface area contributed by atoms with Crippen molar-refractivity contribution in [3.05, 3.63) is 40.4 Å². The van der Waals surface area contributed by atoms with Crippen LogP contribution in [0, 0.1) is 5.92 Å². The number of aromatic nitrogens is 2. The topological polar surface area (TPSA) is 50.6 Å². The first-order chi connectivity index (χ1) is 11.7. The Labute approximate surface area is 150 Å². The summed E-state index contributed by atoms with van der Waals surface area (Å²) < 4.78 is 7.21. The Morgan fingerprint density at radius 2 is 1.96 bits per heavy atom. The van der Waals surface area contributed by atoms with Gasteiger partial charge in [0.2, 0.25) is 5.95 Å². The van der Waals surface area contributed by atoms with E-state index < -0.39 is 0 Å². The fraction of sp³-hybridized carbons (Fsp3) is 0.500. The molecule has 4 rings (SSSR count). The first-order valence-electron chi connectivity index (χ1n) is 8.60. The van der Waals surface area contributed by atoms with Crippen molar-refractivity contribution in [3.8, 4) is 0 Å². The number of allylic oxidation sites excluding steroid dienone is 2. The molecule has 1 unspecified atom stereocenters. The fourth-order valence-electron chi connectivity index (χ4n) is 3.36. The van der Waals surface area contributed by atoms with Crippen LogP contribution in [-0.4, -0.2) is 35.0 Å². The Balaban J connectivity index is 1.37. The Morgan fingerprint density at radius 1 is 1.21 bits per heavy atom. The zero-order valence-corrected chi connectivity index (χ0v) is 15.4. The third-order valence-electron chi connectivity index (χ3n) is 4.88. The lowest BCUT2D eigenvalue weighted by atomic mass is 9.97. The number of aliphatic imine (C=N–C) groups is 1. The Bertz CT molecular complexity index is 702. The molecule has 126 valence electrons. The van der Waals surface area contributed by atoms with Crippen LogP contribution in [0.5, 0.6) is 0 Å². The predicted molar refractivity (Wildman–Crippen MR) is 98.4 cm³/mol. The predicted octanol–water partition coefficient (Wildman–Crippen LogP) is 3.62. The second kappa shape index (κ2) is 6.67. The molecule has 1 aliphatic carbocycles. The van der Waals surface area contributed by atoms with Crippen molar-refractivity contribution in [3.63, 3.8) is 0 Å². The summed E-state index contributed by atoms with van der Waals surface area (Å²) in [7, 11) is 0. The summed E-state index contributed by atoms with van der Waals surface area (Å²) in [4.78, 5) is 16.1. The zero-order valence-electron chi connectivity index (χ0n) is 13.8. The molecule has 2 aliphatic heterocycles. The number of hydrogen-bond donors (Lipinski definition) is 0. The van der Waals surface area contributed by atoms with Gasteiger partial charge >= 0.3 is 0 Å². The molecule has 24 heavy (non-hydrogen) atoms. The lowest BCUT2D eigenvalue weighted by Crippen LogP contribution is -2.37. The summed E-state index contributed by atoms with van der Waals surface area (Å²) in [5.41, 5.74) is 1.18. The zero-order chi connectivity index (χ0) is 16.5. The fourth-order valence-corrected chi connectivity index (χ4v) is 3.80. The number of anilines is 1. The maximum atomic E-state index is 6.02. The first kappa shape index (κ1) is 15.8. The van der Waals surface area contributed by atoms with Gasteiger partial charge in [-0.3, -0.25) is 0 Å². The van der Waals surface area contributed by atoms with Gasteiger partial charge in [0.25, 0.3) is 0 Å². The molecule has 1 fully saturated rings. The number of piperidine rings is 1. The molecule has 1 atom stereocenters. The van der Waals surface area contributed by atoms with Crippen LogP contribution in [0.3, 0.4) is 0 Å². The SMILES string of the molecule is CCc1cnc(N2CCC(C3=NC4CC(Br)=CC=C4O3)CC2)nc1. The Morgan fingerprint density at radius 3 is 2.67 bits per heavy atom. The van der Waals surface area contributed by atoms with E-state index in [1.165, 1.54) is 10.0 Å². The number of rotatable bonds is 3. The Kier molecular flexibility index (Phi) is 4.39. The molecule has 3 aliphatic rings. The van der Waals surface area contributed by atoms with Gasteiger partial charge < -0.3 is 9.64 Å². The molecule has 1 aromatic heterocycles. The van der Waals surface area contributed by atoms with Gasteiger partial charge in [-0.1, -0.05) is 22.9 Å². The third kappa shape index (κ3) is 3.11. The standard InChI is InChI=1S/C18H21BrN4O/c1-2-12-10-20-18(21-11-12)23-7-5-13(6-8-23)17-22-15-9-14(19)3-4-16(15)24-17/h3-4,10-11,13,15H,2,5-9H2,1H3. The van der Waals surface area contributed by atoms with Crippen molar-refractivity contribution < 1.29 is 4.74 Å². The molecule has 0 aromatic carbocycles. The van der Waals surface area contributed by atoms with Crippen molar-refractivity contribution in [1.82, 2.24) is 9.97 Å². The van der Waals surface area contributed by atoms with Gasteiger partial charge in [0, 0.05) is 37.8 Å². The summed E-state index contributed by atoms with van der Waals surface area (Å²) in [6.07, 6.45) is 11.9. The van der Waals surface area contributed by atoms with Crippen LogP contribution in [0.2, 0.25) is 0 Å². The average molecular weight is 389 g/mol. The maximum absolute atomic E-state index is 6.02. The van der Waals surface area contributed by atoms with E-state index >= 15 is 0 Å². The monoisotopic (exact) mass is 388 g/mol. The number of nitrogens with zero attached hydrogens (tertiary/aromatic N) is 4. The lowest BCUT2D eigenvalue weighted by Gasteiger charge is -2.31. The summed E-state index contributed by atoms with van der Waals surface area (Å²) in [6, 6.07) is 0.169. The molecule has 0 N–H and O–H groups in total. The van der Waals surface area contributed by atoms with Gasteiger partial charge in [-0.2, -0.15) is 0 Å². The van der Waals surface area contributed by atoms with E-state index in [4.69, 9.17) is 9.73 Å². The highest BCUT2D eigenvalue weighted by Crippen LogP contribution is 2.34. The molecular weight excluding hydrogens is 368 g/mol. The minimum Gasteiger partial charge on any atom is -0.445 e. The van der Waals surface area contributed by atoms with Crippen molar-refractivity contribution in [1.29, 1.82) is 0 Å². The number of hydrogen-bond acceptors (Lipinski definition) is 5. The molecule has 0 saturated carbocycles. The minimum absolute atomic E-state index is 0.169. The van der Waals surface area contributed by atoms with E-state index in [2.05, 4.69) is 43.8 Å². The van der Waals surface area contributed by atoms with Crippen molar-refractivity contribution >= 4 is 27.8 Å². The van der Waals surface area contributed by atoms with E-state index in [0.29, 0.717) is 5.92 Å². The molecule has 6 heteroatoms. The Hall–Kier alpha value is -1.69. The molecule has 0 spiro atoms. The highest BCUT2D eigenvalue weighted by Gasteiger charge is 2.33. The summed E-state index contributed by atoms with van der Waals surface area (Å²) in [5, 5.41) is 0. The van der Waals surface area contributed by atoms with Gasteiger partial charge in [-0.15, -0.1) is 0 Å². The van der Waals surface area contributed by atoms with Crippen LogP contribution >= 0.6 is 15.9 Å². The number of ether oxygens (including phenoxy) is 1. The number of halogens is 1. The number of fused-ring (bicyclic) bond motifs is 1. The molecule has 3 heterocycles. The number of aryl methyl sites for hydroxylation is 1. The minimum atomic E-state index is 0.169. The quantitative estimate of drug-likeness (QED) is 0.793. The molecule has 1 aromatic rings. The highest BCUT2D eigenvalue weighted by atomic mass is 79.9. The summed E-state index contributed by atoms with van der Waals surface area (Å²) in [6.45, 7) is 4.02. The van der Waals surface area contributed by atoms with Gasteiger partial charge in [0.1, 0.15) is 11.8 Å². The van der Waals surface area contributed by atoms with E-state index in [1.807, 2.05) is 18.5 Å². The second-order valence-electron chi connectivity index (χ2n) is 6.48. The van der Waals surface area contributed by atoms with Crippen LogP contribution < -0.4 is 4.90 Å². The third-order valence-corrected chi connectivity index (χ3v) is 5.47. The molecule has 0 amide bonds. The van der Waals surface area contributed by atoms with Gasteiger partial charge in [-0.25, -0.2) is 15.0 Å². The normalized spacial score (nSPS) is 24.0. The van der Waals surface area contributed by atoms with Crippen molar-refractivity contribution in [2.24, 2.45) is 10.9 Å². The van der Waals surface area contributed by atoms with Crippen LogP contribution in [-0.2, 0) is 11.2 Å². The first-order valence-corrected chi connectivity index (χ1v) is 9.40. The molecule has 1 saturated heterocycles. The summed E-state index contributed by atoms with van der Waals surface area (Å²) in [5.74, 6) is 3.16. The van der Waals surface area contributed by atoms with Crippen molar-refractivity contribution in [2.45, 2.75) is 38.6 Å². The molecular formula is C18H21BrN4O. The van der Waals surface area contributed by atoms with E-state index in [1.54, 1.807) is 0 Å². The molecule has 0 bridgehead atoms. The van der Waals surface area contributed by atoms with Gasteiger partial charge in [0.05, 0.1) is 0 Å². The van der Waals surface area contributed by atoms with Crippen LogP contribution in [0.4, 0.5) is 5.95 Å². The van der Waals surface area contributed by atoms with Crippen LogP contribution in [0.1, 0.15) is 31.7 Å². The average Bonchev–Trinajstić information content (AvgIpc) is 3.05. The van der Waals surface area contributed by atoms with Gasteiger partial charge in [-0.05, 0) is 41.5 Å². The summed E-state index contributed by atoms with van der Waals surface area (Å²) >= 11 is 3.56. The highest BCUT2D eigenvalue weighted by molar-refractivity contribution is 9.11. The molecule has 5 nitrogen and oxygen atoms in total. The lowest BCUT2D eigenvalue weighted by molar-refractivity contribution is 0.360. The second-order valence-corrected chi connectivity index (χ2v) is 7.50. The van der Waals surface area contributed by atoms with E-state index in [-0.39, 0.29) is 6.04 Å². The van der Waals surface area contributed by atoms with E-state index in [9.17, 15) is 0 Å². The largest absolute Gasteiger partial charge is 0.445 e. The van der Waals surface area contributed by atoms with Crippen LogP contribution in [0.15, 0.2) is 39.8 Å². The maximum Gasteiger partial charge on any atom is 0.225 e. The van der Waals surface area contributed by atoms with Crippen LogP contribution in [0.25, 0.3) is 0 Å². The smallest absolute Gasteiger partial charge is 0.225 e. The van der Waals surface area contributed by atoms with Crippen molar-refractivity contribution in [2.75, 3.05) is 18.0 Å². The van der Waals surface area contributed by atoms with Gasteiger partial charge in [0.15, 0.2) is 5.90 Å². The molecule has 0 radical (unpaired) electrons.